The van der Waals surface area contributed by atoms with Crippen LogP contribution in [0.15, 0.2) is 0 Å². The van der Waals surface area contributed by atoms with Crippen molar-refractivity contribution in [1.82, 2.24) is 0 Å². The summed E-state index contributed by atoms with van der Waals surface area (Å²) in [5.74, 6) is 0.987. The van der Waals surface area contributed by atoms with Gasteiger partial charge in [0.05, 0.1) is 0 Å². The van der Waals surface area contributed by atoms with Crippen LogP contribution in [-0.4, -0.2) is 0 Å². The predicted octanol–water partition coefficient (Wildman–Crippen LogP) is 18.7. The Morgan fingerprint density at radius 3 is 0.729 bits per heavy atom. The smallest absolute Gasteiger partial charge is 0.0323 e. The van der Waals surface area contributed by atoms with Gasteiger partial charge < -0.3 is 0 Å². The average molecular weight is 675 g/mol. The lowest BCUT2D eigenvalue weighted by Crippen LogP contribution is -2.21. The van der Waals surface area contributed by atoms with Crippen molar-refractivity contribution in [1.29, 1.82) is 0 Å². The highest BCUT2D eigenvalue weighted by atomic mass is 14.3. The Morgan fingerprint density at radius 1 is 0.271 bits per heavy atom. The van der Waals surface area contributed by atoms with Gasteiger partial charge in [-0.15, -0.1) is 0 Å². The van der Waals surface area contributed by atoms with Crippen LogP contribution in [0.4, 0.5) is 0 Å². The van der Waals surface area contributed by atoms with E-state index in [4.69, 9.17) is 0 Å². The molecule has 0 fully saturated rings. The summed E-state index contributed by atoms with van der Waals surface area (Å²) >= 11 is 0. The van der Waals surface area contributed by atoms with Gasteiger partial charge in [-0.05, 0) is 30.6 Å². The summed E-state index contributed by atoms with van der Waals surface area (Å²) in [6.07, 6.45) is 60.4. The van der Waals surface area contributed by atoms with Gasteiger partial charge in [-0.3, -0.25) is 0 Å². The molecule has 0 aliphatic rings. The monoisotopic (exact) mass is 675 g/mol. The van der Waals surface area contributed by atoms with Gasteiger partial charge in [0.25, 0.3) is 0 Å². The van der Waals surface area contributed by atoms with Crippen molar-refractivity contribution in [2.45, 2.75) is 298 Å². The van der Waals surface area contributed by atoms with Crippen LogP contribution in [0.25, 0.3) is 0 Å². The Bertz CT molecular complexity index is 564. The van der Waals surface area contributed by atoms with Gasteiger partial charge in [0.2, 0.25) is 0 Å². The zero-order valence-electron chi connectivity index (χ0n) is 35.1. The molecule has 290 valence electrons. The van der Waals surface area contributed by atoms with Crippen LogP contribution < -0.4 is 0 Å². The maximum Gasteiger partial charge on any atom is -0.0323 e. The standard InChI is InChI=1S/C48H98/c1-6-10-14-18-22-26-28-31-35-39-43-47(42-38-34-30-24-20-16-12-8-3)46-48(5,44-40-36-32-25-21-17-13-9-4)45-41-37-33-29-27-23-19-15-11-7-2/h47H,6-46H2,1-5H3. The van der Waals surface area contributed by atoms with E-state index in [-0.39, 0.29) is 0 Å². The summed E-state index contributed by atoms with van der Waals surface area (Å²) < 4.78 is 0. The lowest BCUT2D eigenvalue weighted by atomic mass is 9.71. The molecule has 0 bridgehead atoms. The van der Waals surface area contributed by atoms with Crippen LogP contribution >= 0.6 is 0 Å². The van der Waals surface area contributed by atoms with Crippen molar-refractivity contribution < 1.29 is 0 Å². The number of unbranched alkanes of at least 4 members (excludes halogenated alkanes) is 32. The molecule has 2 atom stereocenters. The fourth-order valence-corrected chi connectivity index (χ4v) is 8.59. The van der Waals surface area contributed by atoms with Gasteiger partial charge in [0.1, 0.15) is 0 Å². The lowest BCUT2D eigenvalue weighted by Gasteiger charge is -2.34. The molecule has 0 aliphatic carbocycles. The maximum absolute atomic E-state index is 2.75. The molecule has 0 heteroatoms. The molecule has 0 N–H and O–H groups in total. The molecule has 0 nitrogen and oxygen atoms in total. The minimum absolute atomic E-state index is 0.589. The topological polar surface area (TPSA) is 0 Å². The molecule has 0 saturated carbocycles. The Kier molecular flexibility index (Phi) is 39.8. The highest BCUT2D eigenvalue weighted by molar-refractivity contribution is 4.79. The molecule has 0 aromatic carbocycles. The molecule has 0 aliphatic heterocycles. The molecule has 0 radical (unpaired) electrons. The third-order valence-electron chi connectivity index (χ3n) is 12.0. The molecular weight excluding hydrogens is 577 g/mol. The highest BCUT2D eigenvalue weighted by Crippen LogP contribution is 2.40. The summed E-state index contributed by atoms with van der Waals surface area (Å²) in [5.41, 5.74) is 0.589. The van der Waals surface area contributed by atoms with Gasteiger partial charge in [-0.25, -0.2) is 0 Å². The summed E-state index contributed by atoms with van der Waals surface area (Å²) in [6.45, 7) is 12.1. The van der Waals surface area contributed by atoms with Crippen molar-refractivity contribution in [3.05, 3.63) is 0 Å². The third-order valence-corrected chi connectivity index (χ3v) is 12.0. The minimum Gasteiger partial charge on any atom is -0.0654 e. The largest absolute Gasteiger partial charge is 0.0654 e. The Balaban J connectivity index is 4.87. The second kappa shape index (κ2) is 39.8. The van der Waals surface area contributed by atoms with Crippen molar-refractivity contribution in [3.8, 4) is 0 Å². The molecular formula is C48H98. The van der Waals surface area contributed by atoms with E-state index in [0.717, 1.165) is 5.92 Å². The van der Waals surface area contributed by atoms with E-state index >= 15 is 0 Å². The first-order valence-corrected chi connectivity index (χ1v) is 23.6. The van der Waals surface area contributed by atoms with Gasteiger partial charge in [-0.2, -0.15) is 0 Å². The molecule has 0 aromatic rings. The second-order valence-electron chi connectivity index (χ2n) is 17.3. The Labute approximate surface area is 308 Å². The third kappa shape index (κ3) is 35.8. The number of rotatable bonds is 42. The van der Waals surface area contributed by atoms with Crippen molar-refractivity contribution in [2.24, 2.45) is 11.3 Å². The molecule has 0 aromatic heterocycles. The van der Waals surface area contributed by atoms with E-state index in [9.17, 15) is 0 Å². The Morgan fingerprint density at radius 2 is 0.479 bits per heavy atom. The Hall–Kier alpha value is 0. The van der Waals surface area contributed by atoms with Crippen LogP contribution in [0, 0.1) is 11.3 Å². The average Bonchev–Trinajstić information content (AvgIpc) is 3.08. The van der Waals surface area contributed by atoms with Gasteiger partial charge in [0, 0.05) is 0 Å². The highest BCUT2D eigenvalue weighted by Gasteiger charge is 2.27. The van der Waals surface area contributed by atoms with Crippen molar-refractivity contribution in [2.75, 3.05) is 0 Å². The van der Waals surface area contributed by atoms with E-state index in [2.05, 4.69) is 34.6 Å². The van der Waals surface area contributed by atoms with E-state index < -0.39 is 0 Å². The fraction of sp³-hybridized carbons (Fsp3) is 1.00. The molecule has 0 amide bonds. The normalized spacial score (nSPS) is 13.7. The summed E-state index contributed by atoms with van der Waals surface area (Å²) in [5, 5.41) is 0. The first-order valence-electron chi connectivity index (χ1n) is 23.6. The quantitative estimate of drug-likeness (QED) is 0.0565. The first-order chi connectivity index (χ1) is 23.6. The van der Waals surface area contributed by atoms with Crippen LogP contribution in [0.1, 0.15) is 298 Å². The van der Waals surface area contributed by atoms with Crippen molar-refractivity contribution in [3.63, 3.8) is 0 Å². The molecule has 2 unspecified atom stereocenters. The van der Waals surface area contributed by atoms with E-state index in [1.165, 1.54) is 263 Å². The molecule has 0 rings (SSSR count). The van der Waals surface area contributed by atoms with Crippen LogP contribution in [0.3, 0.4) is 0 Å². The van der Waals surface area contributed by atoms with Crippen LogP contribution in [-0.2, 0) is 0 Å². The van der Waals surface area contributed by atoms with Crippen LogP contribution in [0.5, 0.6) is 0 Å². The fourth-order valence-electron chi connectivity index (χ4n) is 8.59. The predicted molar refractivity (Wildman–Crippen MR) is 224 cm³/mol. The molecule has 48 heavy (non-hydrogen) atoms. The van der Waals surface area contributed by atoms with E-state index in [0.29, 0.717) is 5.41 Å². The van der Waals surface area contributed by atoms with Gasteiger partial charge in [0.15, 0.2) is 0 Å². The summed E-state index contributed by atoms with van der Waals surface area (Å²) in [7, 11) is 0. The van der Waals surface area contributed by atoms with E-state index in [1.54, 1.807) is 0 Å². The van der Waals surface area contributed by atoms with Gasteiger partial charge in [-0.1, -0.05) is 279 Å². The molecule has 0 spiro atoms. The minimum atomic E-state index is 0.589. The first kappa shape index (κ1) is 48.0. The van der Waals surface area contributed by atoms with Crippen LogP contribution in [0.2, 0.25) is 0 Å². The van der Waals surface area contributed by atoms with Crippen molar-refractivity contribution >= 4 is 0 Å². The lowest BCUT2D eigenvalue weighted by molar-refractivity contribution is 0.175. The molecule has 0 heterocycles. The summed E-state index contributed by atoms with van der Waals surface area (Å²) in [4.78, 5) is 0. The summed E-state index contributed by atoms with van der Waals surface area (Å²) in [6, 6.07) is 0. The SMILES string of the molecule is CCCCCCCCCCCCC(CCCCCCCCCC)CC(C)(CCCCCCCCCC)CCCCCCCCCCCC. The maximum atomic E-state index is 2.75. The van der Waals surface area contributed by atoms with E-state index in [1.807, 2.05) is 0 Å². The zero-order valence-corrected chi connectivity index (χ0v) is 35.1. The van der Waals surface area contributed by atoms with Gasteiger partial charge >= 0.3 is 0 Å². The molecule has 0 saturated heterocycles. The number of hydrogen-bond acceptors (Lipinski definition) is 0. The zero-order chi connectivity index (χ0) is 35.1. The second-order valence-corrected chi connectivity index (χ2v) is 17.3. The number of hydrogen-bond donors (Lipinski definition) is 0.